The standard InChI is InChI=1S/C16H18N2O5/c1-20-12-7-9(8-13(21-2)15(12)22-3)17-16(19)14-10-5-4-6-11(10)23-18-14/h7-8H,4-6H2,1-3H3,(H,17,19). The van der Waals surface area contributed by atoms with Gasteiger partial charge in [-0.15, -0.1) is 0 Å². The van der Waals surface area contributed by atoms with Gasteiger partial charge in [-0.2, -0.15) is 0 Å². The van der Waals surface area contributed by atoms with E-state index in [0.29, 0.717) is 28.6 Å². The molecule has 1 aliphatic rings. The van der Waals surface area contributed by atoms with Crippen molar-refractivity contribution >= 4 is 11.6 Å². The maximum Gasteiger partial charge on any atom is 0.278 e. The first-order chi connectivity index (χ1) is 11.2. The number of ether oxygens (including phenoxy) is 3. The smallest absolute Gasteiger partial charge is 0.278 e. The Balaban J connectivity index is 1.88. The molecular weight excluding hydrogens is 300 g/mol. The highest BCUT2D eigenvalue weighted by Crippen LogP contribution is 2.40. The summed E-state index contributed by atoms with van der Waals surface area (Å²) < 4.78 is 21.0. The molecule has 0 fully saturated rings. The number of methoxy groups -OCH3 is 3. The van der Waals surface area contributed by atoms with Gasteiger partial charge in [0.1, 0.15) is 5.76 Å². The monoisotopic (exact) mass is 318 g/mol. The molecule has 1 amide bonds. The number of amides is 1. The molecule has 23 heavy (non-hydrogen) atoms. The average molecular weight is 318 g/mol. The van der Waals surface area contributed by atoms with Gasteiger partial charge >= 0.3 is 0 Å². The van der Waals surface area contributed by atoms with Crippen molar-refractivity contribution in [1.29, 1.82) is 0 Å². The fraction of sp³-hybridized carbons (Fsp3) is 0.375. The van der Waals surface area contributed by atoms with Crippen LogP contribution in [0, 0.1) is 0 Å². The van der Waals surface area contributed by atoms with Crippen LogP contribution in [0.4, 0.5) is 5.69 Å². The van der Waals surface area contributed by atoms with Gasteiger partial charge in [-0.05, 0) is 12.8 Å². The third kappa shape index (κ3) is 2.69. The first-order valence-electron chi connectivity index (χ1n) is 7.26. The molecule has 1 aliphatic carbocycles. The summed E-state index contributed by atoms with van der Waals surface area (Å²) in [6.45, 7) is 0. The van der Waals surface area contributed by atoms with Gasteiger partial charge in [0.15, 0.2) is 17.2 Å². The van der Waals surface area contributed by atoms with Crippen molar-refractivity contribution in [2.24, 2.45) is 0 Å². The largest absolute Gasteiger partial charge is 0.493 e. The van der Waals surface area contributed by atoms with Crippen LogP contribution in [0.1, 0.15) is 28.2 Å². The van der Waals surface area contributed by atoms with Crippen molar-refractivity contribution < 1.29 is 23.5 Å². The highest BCUT2D eigenvalue weighted by Gasteiger charge is 2.26. The van der Waals surface area contributed by atoms with Crippen molar-refractivity contribution in [3.63, 3.8) is 0 Å². The number of nitrogens with zero attached hydrogens (tertiary/aromatic N) is 1. The number of aryl methyl sites for hydroxylation is 1. The van der Waals surface area contributed by atoms with Crippen LogP contribution in [-0.2, 0) is 12.8 Å². The first-order valence-corrected chi connectivity index (χ1v) is 7.26. The normalized spacial score (nSPS) is 12.7. The minimum absolute atomic E-state index is 0.314. The molecule has 1 heterocycles. The third-order valence-electron chi connectivity index (χ3n) is 3.84. The van der Waals surface area contributed by atoms with E-state index in [1.54, 1.807) is 12.1 Å². The number of hydrogen-bond acceptors (Lipinski definition) is 6. The van der Waals surface area contributed by atoms with E-state index in [0.717, 1.165) is 30.6 Å². The third-order valence-corrected chi connectivity index (χ3v) is 3.84. The number of carbonyl (C=O) groups excluding carboxylic acids is 1. The van der Waals surface area contributed by atoms with Crippen molar-refractivity contribution in [3.8, 4) is 17.2 Å². The van der Waals surface area contributed by atoms with Crippen molar-refractivity contribution in [2.75, 3.05) is 26.6 Å². The molecule has 0 radical (unpaired) electrons. The molecule has 0 unspecified atom stereocenters. The Morgan fingerprint density at radius 1 is 1.13 bits per heavy atom. The fourth-order valence-corrected chi connectivity index (χ4v) is 2.75. The lowest BCUT2D eigenvalue weighted by molar-refractivity contribution is 0.101. The molecular formula is C16H18N2O5. The lowest BCUT2D eigenvalue weighted by Gasteiger charge is -2.14. The van der Waals surface area contributed by atoms with Crippen LogP contribution in [0.5, 0.6) is 17.2 Å². The Kier molecular flexibility index (Phi) is 4.10. The fourth-order valence-electron chi connectivity index (χ4n) is 2.75. The van der Waals surface area contributed by atoms with Crippen LogP contribution >= 0.6 is 0 Å². The summed E-state index contributed by atoms with van der Waals surface area (Å²) in [6, 6.07) is 3.33. The van der Waals surface area contributed by atoms with Crippen molar-refractivity contribution in [3.05, 3.63) is 29.2 Å². The topological polar surface area (TPSA) is 82.8 Å². The predicted octanol–water partition coefficient (Wildman–Crippen LogP) is 2.44. The quantitative estimate of drug-likeness (QED) is 0.911. The Hall–Kier alpha value is -2.70. The Morgan fingerprint density at radius 2 is 1.83 bits per heavy atom. The number of benzene rings is 1. The van der Waals surface area contributed by atoms with Crippen LogP contribution < -0.4 is 19.5 Å². The van der Waals surface area contributed by atoms with Crippen molar-refractivity contribution in [1.82, 2.24) is 5.16 Å². The molecule has 1 aromatic heterocycles. The van der Waals surface area contributed by atoms with Crippen LogP contribution in [0.25, 0.3) is 0 Å². The zero-order valence-electron chi connectivity index (χ0n) is 13.3. The van der Waals surface area contributed by atoms with Gasteiger partial charge in [0.25, 0.3) is 5.91 Å². The van der Waals surface area contributed by atoms with Gasteiger partial charge < -0.3 is 24.1 Å². The maximum atomic E-state index is 12.4. The number of hydrogen-bond donors (Lipinski definition) is 1. The van der Waals surface area contributed by atoms with Crippen LogP contribution in [0.15, 0.2) is 16.7 Å². The van der Waals surface area contributed by atoms with Crippen molar-refractivity contribution in [2.45, 2.75) is 19.3 Å². The SMILES string of the molecule is COc1cc(NC(=O)c2noc3c2CCC3)cc(OC)c1OC. The number of fused-ring (bicyclic) bond motifs is 1. The highest BCUT2D eigenvalue weighted by molar-refractivity contribution is 6.04. The molecule has 0 spiro atoms. The van der Waals surface area contributed by atoms with Gasteiger partial charge in [0.2, 0.25) is 5.75 Å². The lowest BCUT2D eigenvalue weighted by Crippen LogP contribution is -2.14. The molecule has 0 bridgehead atoms. The number of anilines is 1. The average Bonchev–Trinajstić information content (AvgIpc) is 3.16. The molecule has 2 aromatic rings. The predicted molar refractivity (Wildman–Crippen MR) is 82.6 cm³/mol. The summed E-state index contributed by atoms with van der Waals surface area (Å²) >= 11 is 0. The van der Waals surface area contributed by atoms with E-state index in [2.05, 4.69) is 10.5 Å². The summed E-state index contributed by atoms with van der Waals surface area (Å²) in [4.78, 5) is 12.4. The van der Waals surface area contributed by atoms with E-state index in [-0.39, 0.29) is 5.91 Å². The second kappa shape index (κ2) is 6.20. The summed E-state index contributed by atoms with van der Waals surface area (Å²) in [5.41, 5.74) is 1.76. The minimum atomic E-state index is -0.314. The molecule has 7 heteroatoms. The number of nitrogens with one attached hydrogen (secondary N) is 1. The zero-order chi connectivity index (χ0) is 16.4. The van der Waals surface area contributed by atoms with Crippen LogP contribution in [0.2, 0.25) is 0 Å². The minimum Gasteiger partial charge on any atom is -0.493 e. The summed E-state index contributed by atoms with van der Waals surface area (Å²) in [7, 11) is 4.57. The van der Waals surface area contributed by atoms with Crippen LogP contribution in [-0.4, -0.2) is 32.4 Å². The Labute approximate surface area is 133 Å². The molecule has 1 aromatic carbocycles. The number of aromatic nitrogens is 1. The van der Waals surface area contributed by atoms with Gasteiger partial charge in [-0.3, -0.25) is 4.79 Å². The molecule has 0 aliphatic heterocycles. The van der Waals surface area contributed by atoms with E-state index in [1.165, 1.54) is 21.3 Å². The second-order valence-electron chi connectivity index (χ2n) is 5.15. The summed E-state index contributed by atoms with van der Waals surface area (Å²) in [6.07, 6.45) is 2.64. The molecule has 0 atom stereocenters. The van der Waals surface area contributed by atoms with E-state index in [1.807, 2.05) is 0 Å². The molecule has 0 saturated carbocycles. The first kappa shape index (κ1) is 15.2. The highest BCUT2D eigenvalue weighted by atomic mass is 16.5. The van der Waals surface area contributed by atoms with E-state index < -0.39 is 0 Å². The lowest BCUT2D eigenvalue weighted by atomic mass is 10.2. The molecule has 1 N–H and O–H groups in total. The zero-order valence-corrected chi connectivity index (χ0v) is 13.3. The number of rotatable bonds is 5. The Morgan fingerprint density at radius 3 is 2.43 bits per heavy atom. The van der Waals surface area contributed by atoms with Gasteiger partial charge in [-0.25, -0.2) is 0 Å². The number of carbonyl (C=O) groups is 1. The van der Waals surface area contributed by atoms with Gasteiger partial charge in [0, 0.05) is 29.8 Å². The van der Waals surface area contributed by atoms with Crippen LogP contribution in [0.3, 0.4) is 0 Å². The van der Waals surface area contributed by atoms with E-state index >= 15 is 0 Å². The van der Waals surface area contributed by atoms with E-state index in [4.69, 9.17) is 18.7 Å². The van der Waals surface area contributed by atoms with Gasteiger partial charge in [0.05, 0.1) is 21.3 Å². The molecule has 122 valence electrons. The summed E-state index contributed by atoms with van der Waals surface area (Å²) in [5.74, 6) is 1.89. The van der Waals surface area contributed by atoms with Gasteiger partial charge in [-0.1, -0.05) is 5.16 Å². The molecule has 0 saturated heterocycles. The second-order valence-corrected chi connectivity index (χ2v) is 5.15. The maximum absolute atomic E-state index is 12.4. The summed E-state index contributed by atoms with van der Waals surface area (Å²) in [5, 5.41) is 6.68. The molecule has 7 nitrogen and oxygen atoms in total. The molecule has 3 rings (SSSR count). The van der Waals surface area contributed by atoms with E-state index in [9.17, 15) is 4.79 Å². The Bertz CT molecular complexity index is 713.